The molecular weight excluding hydrogens is 384 g/mol. The molecule has 2 atom stereocenters. The molecule has 1 amide bonds. The van der Waals surface area contributed by atoms with Crippen LogP contribution in [-0.2, 0) is 9.53 Å². The number of amides is 1. The van der Waals surface area contributed by atoms with E-state index in [2.05, 4.69) is 77.0 Å². The van der Waals surface area contributed by atoms with Crippen LogP contribution >= 0.6 is 0 Å². The highest BCUT2D eigenvalue weighted by molar-refractivity contribution is 5.92. The Balaban J connectivity index is 1.59. The predicted molar refractivity (Wildman–Crippen MR) is 124 cm³/mol. The largest absolute Gasteiger partial charge is 0.368 e. The monoisotopic (exact) mass is 410 g/mol. The molecule has 0 saturated carbocycles. The highest BCUT2D eigenvalue weighted by Gasteiger charge is 2.27. The van der Waals surface area contributed by atoms with Gasteiger partial charge in [0.1, 0.15) is 6.10 Å². The highest BCUT2D eigenvalue weighted by Crippen LogP contribution is 2.38. The molecule has 156 valence electrons. The van der Waals surface area contributed by atoms with Gasteiger partial charge >= 0.3 is 0 Å². The zero-order valence-corrected chi connectivity index (χ0v) is 17.4. The van der Waals surface area contributed by atoms with Crippen LogP contribution in [0.15, 0.2) is 84.9 Å². The number of aromatic nitrogens is 1. The Kier molecular flexibility index (Phi) is 5.55. The van der Waals surface area contributed by atoms with E-state index in [1.165, 1.54) is 16.5 Å². The maximum absolute atomic E-state index is 12.7. The number of para-hydroxylation sites is 1. The Hall–Kier alpha value is -3.37. The van der Waals surface area contributed by atoms with Crippen LogP contribution in [0, 0.1) is 0 Å². The van der Waals surface area contributed by atoms with Crippen molar-refractivity contribution in [2.24, 2.45) is 0 Å². The van der Waals surface area contributed by atoms with Gasteiger partial charge in [-0.25, -0.2) is 0 Å². The zero-order valence-electron chi connectivity index (χ0n) is 17.4. The summed E-state index contributed by atoms with van der Waals surface area (Å²) in [7, 11) is 0. The van der Waals surface area contributed by atoms with Gasteiger partial charge in [-0.1, -0.05) is 78.9 Å². The van der Waals surface area contributed by atoms with Crippen LogP contribution in [0.5, 0.6) is 0 Å². The van der Waals surface area contributed by atoms with Crippen molar-refractivity contribution in [2.45, 2.75) is 24.9 Å². The fourth-order valence-corrected chi connectivity index (χ4v) is 4.53. The van der Waals surface area contributed by atoms with E-state index in [0.717, 1.165) is 29.6 Å². The minimum absolute atomic E-state index is 0.0120. The van der Waals surface area contributed by atoms with Crippen LogP contribution in [0.4, 0.5) is 0 Å². The van der Waals surface area contributed by atoms with E-state index < -0.39 is 0 Å². The first-order valence-electron chi connectivity index (χ1n) is 10.9. The number of H-pyrrole nitrogens is 1. The Labute approximate surface area is 182 Å². The number of carbonyl (C=O) groups is 1. The van der Waals surface area contributed by atoms with Gasteiger partial charge in [0.25, 0.3) is 0 Å². The van der Waals surface area contributed by atoms with Crippen LogP contribution in [-0.4, -0.2) is 30.1 Å². The van der Waals surface area contributed by atoms with E-state index in [1.807, 2.05) is 18.2 Å². The number of hydrogen-bond acceptors (Lipinski definition) is 2. The quantitative estimate of drug-likeness (QED) is 0.455. The SMILES string of the molecule is O=C(NC[C@H](c1ccccc1)c1c(-c2ccccc2)[nH]c2ccccc12)[C@H]1CCCO1. The van der Waals surface area contributed by atoms with Gasteiger partial charge in [0.05, 0.1) is 5.69 Å². The third kappa shape index (κ3) is 3.99. The molecule has 0 bridgehead atoms. The Morgan fingerprint density at radius 3 is 2.42 bits per heavy atom. The molecule has 4 aromatic rings. The maximum Gasteiger partial charge on any atom is 0.249 e. The first-order chi connectivity index (χ1) is 15.3. The minimum atomic E-state index is -0.326. The number of rotatable bonds is 6. The second-order valence-electron chi connectivity index (χ2n) is 8.04. The van der Waals surface area contributed by atoms with E-state index >= 15 is 0 Å². The van der Waals surface area contributed by atoms with Crippen molar-refractivity contribution < 1.29 is 9.53 Å². The number of fused-ring (bicyclic) bond motifs is 1. The fraction of sp³-hybridized carbons (Fsp3) is 0.222. The maximum atomic E-state index is 12.7. The molecule has 1 fully saturated rings. The number of carbonyl (C=O) groups excluding carboxylic acids is 1. The number of ether oxygens (including phenoxy) is 1. The van der Waals surface area contributed by atoms with Gasteiger partial charge < -0.3 is 15.0 Å². The lowest BCUT2D eigenvalue weighted by Gasteiger charge is -2.21. The predicted octanol–water partition coefficient (Wildman–Crippen LogP) is 5.26. The van der Waals surface area contributed by atoms with Gasteiger partial charge in [0, 0.05) is 30.0 Å². The summed E-state index contributed by atoms with van der Waals surface area (Å²) in [5.41, 5.74) is 5.72. The molecule has 0 unspecified atom stereocenters. The second-order valence-corrected chi connectivity index (χ2v) is 8.04. The number of hydrogen-bond donors (Lipinski definition) is 2. The summed E-state index contributed by atoms with van der Waals surface area (Å²) in [4.78, 5) is 16.4. The van der Waals surface area contributed by atoms with Gasteiger partial charge in [-0.3, -0.25) is 4.79 Å². The van der Waals surface area contributed by atoms with Crippen LogP contribution < -0.4 is 5.32 Å². The number of nitrogens with one attached hydrogen (secondary N) is 2. The van der Waals surface area contributed by atoms with E-state index in [1.54, 1.807) is 0 Å². The van der Waals surface area contributed by atoms with Crippen molar-refractivity contribution in [3.05, 3.63) is 96.1 Å². The fourth-order valence-electron chi connectivity index (χ4n) is 4.53. The molecule has 4 nitrogen and oxygen atoms in total. The lowest BCUT2D eigenvalue weighted by Crippen LogP contribution is -2.37. The van der Waals surface area contributed by atoms with Crippen LogP contribution in [0.3, 0.4) is 0 Å². The van der Waals surface area contributed by atoms with Crippen molar-refractivity contribution in [1.29, 1.82) is 0 Å². The topological polar surface area (TPSA) is 54.1 Å². The average molecular weight is 411 g/mol. The standard InChI is InChI=1S/C27H26N2O2/c30-27(24-16-9-17-31-24)28-18-22(19-10-3-1-4-11-19)25-21-14-7-8-15-23(21)29-26(25)20-12-5-2-6-13-20/h1-8,10-15,22,24,29H,9,16-18H2,(H,28,30)/t22-,24-/m1/s1. The third-order valence-corrected chi connectivity index (χ3v) is 6.06. The molecule has 5 rings (SSSR count). The first kappa shape index (κ1) is 19.6. The van der Waals surface area contributed by atoms with Crippen LogP contribution in [0.25, 0.3) is 22.2 Å². The zero-order chi connectivity index (χ0) is 21.0. The Morgan fingerprint density at radius 1 is 0.968 bits per heavy atom. The second kappa shape index (κ2) is 8.78. The van der Waals surface area contributed by atoms with E-state index in [-0.39, 0.29) is 17.9 Å². The molecule has 2 N–H and O–H groups in total. The molecule has 4 heteroatoms. The Morgan fingerprint density at radius 2 is 1.68 bits per heavy atom. The molecule has 1 aliphatic heterocycles. The smallest absolute Gasteiger partial charge is 0.249 e. The van der Waals surface area contributed by atoms with Gasteiger partial charge in [-0.05, 0) is 35.6 Å². The van der Waals surface area contributed by atoms with E-state index in [4.69, 9.17) is 4.74 Å². The van der Waals surface area contributed by atoms with E-state index in [9.17, 15) is 4.79 Å². The summed E-state index contributed by atoms with van der Waals surface area (Å²) in [6.07, 6.45) is 1.42. The van der Waals surface area contributed by atoms with Crippen molar-refractivity contribution in [1.82, 2.24) is 10.3 Å². The first-order valence-corrected chi connectivity index (χ1v) is 10.9. The number of benzene rings is 3. The summed E-state index contributed by atoms with van der Waals surface area (Å²) in [5, 5.41) is 4.36. The van der Waals surface area contributed by atoms with Crippen molar-refractivity contribution in [3.63, 3.8) is 0 Å². The molecule has 3 aromatic carbocycles. The molecule has 0 spiro atoms. The minimum Gasteiger partial charge on any atom is -0.368 e. The van der Waals surface area contributed by atoms with Crippen LogP contribution in [0.1, 0.15) is 29.9 Å². The molecule has 31 heavy (non-hydrogen) atoms. The molecule has 2 heterocycles. The summed E-state index contributed by atoms with van der Waals surface area (Å²) < 4.78 is 5.59. The van der Waals surface area contributed by atoms with Gasteiger partial charge in [-0.15, -0.1) is 0 Å². The van der Waals surface area contributed by atoms with Crippen molar-refractivity contribution in [3.8, 4) is 11.3 Å². The molecule has 1 saturated heterocycles. The average Bonchev–Trinajstić information content (AvgIpc) is 3.49. The summed E-state index contributed by atoms with van der Waals surface area (Å²) in [6.45, 7) is 1.19. The molecule has 1 aromatic heterocycles. The Bertz CT molecular complexity index is 1160. The normalized spacial score (nSPS) is 17.0. The van der Waals surface area contributed by atoms with Gasteiger partial charge in [0.2, 0.25) is 5.91 Å². The third-order valence-electron chi connectivity index (χ3n) is 6.06. The van der Waals surface area contributed by atoms with Crippen molar-refractivity contribution in [2.75, 3.05) is 13.2 Å². The van der Waals surface area contributed by atoms with Gasteiger partial charge in [-0.2, -0.15) is 0 Å². The highest BCUT2D eigenvalue weighted by atomic mass is 16.5. The van der Waals surface area contributed by atoms with Crippen LogP contribution in [0.2, 0.25) is 0 Å². The van der Waals surface area contributed by atoms with Crippen molar-refractivity contribution >= 4 is 16.8 Å². The number of aromatic amines is 1. The molecule has 1 aliphatic rings. The summed E-state index contributed by atoms with van der Waals surface area (Å²) >= 11 is 0. The van der Waals surface area contributed by atoms with E-state index in [0.29, 0.717) is 13.2 Å². The molecule has 0 radical (unpaired) electrons. The molecule has 0 aliphatic carbocycles. The van der Waals surface area contributed by atoms with Gasteiger partial charge in [0.15, 0.2) is 0 Å². The summed E-state index contributed by atoms with van der Waals surface area (Å²) in [5.74, 6) is -0.00237. The summed E-state index contributed by atoms with van der Waals surface area (Å²) in [6, 6.07) is 29.2. The lowest BCUT2D eigenvalue weighted by atomic mass is 9.87. The molecular formula is C27H26N2O2. The lowest BCUT2D eigenvalue weighted by molar-refractivity contribution is -0.130.